The summed E-state index contributed by atoms with van der Waals surface area (Å²) in [6, 6.07) is 21.2. The molecule has 0 aliphatic rings. The van der Waals surface area contributed by atoms with Gasteiger partial charge < -0.3 is 10.2 Å². The van der Waals surface area contributed by atoms with Crippen molar-refractivity contribution in [2.75, 3.05) is 6.54 Å². The molecule has 0 spiro atoms. The van der Waals surface area contributed by atoms with Crippen LogP contribution in [0.2, 0.25) is 0 Å². The fraction of sp³-hybridized carbons (Fsp3) is 0.310. The molecule has 3 aromatic carbocycles. The number of hydrogen-bond acceptors (Lipinski definition) is 2. The van der Waals surface area contributed by atoms with Crippen LogP contribution in [-0.4, -0.2) is 29.3 Å². The minimum atomic E-state index is -0.757. The Morgan fingerprint density at radius 2 is 1.62 bits per heavy atom. The highest BCUT2D eigenvalue weighted by molar-refractivity contribution is 5.88. The Kier molecular flexibility index (Phi) is 8.97. The van der Waals surface area contributed by atoms with Crippen LogP contribution in [0.1, 0.15) is 41.2 Å². The summed E-state index contributed by atoms with van der Waals surface area (Å²) < 4.78 is 14.6. The van der Waals surface area contributed by atoms with E-state index in [9.17, 15) is 14.0 Å². The summed E-state index contributed by atoms with van der Waals surface area (Å²) in [7, 11) is 0. The number of nitrogens with one attached hydrogen (secondary N) is 1. The molecule has 2 amide bonds. The van der Waals surface area contributed by atoms with Crippen LogP contribution in [-0.2, 0) is 29.0 Å². The third-order valence-electron chi connectivity index (χ3n) is 6.05. The molecule has 3 rings (SSSR count). The Balaban J connectivity index is 1.97. The summed E-state index contributed by atoms with van der Waals surface area (Å²) in [5.74, 6) is -0.825. The molecule has 0 saturated heterocycles. The van der Waals surface area contributed by atoms with Gasteiger partial charge in [0.2, 0.25) is 11.8 Å². The summed E-state index contributed by atoms with van der Waals surface area (Å²) in [4.78, 5) is 28.5. The van der Waals surface area contributed by atoms with Gasteiger partial charge in [-0.25, -0.2) is 4.39 Å². The minimum Gasteiger partial charge on any atom is -0.354 e. The fourth-order valence-corrected chi connectivity index (χ4v) is 3.92. The molecule has 0 radical (unpaired) electrons. The van der Waals surface area contributed by atoms with E-state index < -0.39 is 6.04 Å². The van der Waals surface area contributed by atoms with Crippen molar-refractivity contribution in [3.8, 4) is 0 Å². The molecule has 1 atom stereocenters. The molecule has 178 valence electrons. The molecule has 34 heavy (non-hydrogen) atoms. The van der Waals surface area contributed by atoms with Crippen molar-refractivity contribution < 1.29 is 14.0 Å². The van der Waals surface area contributed by atoms with Crippen LogP contribution in [0.15, 0.2) is 72.8 Å². The summed E-state index contributed by atoms with van der Waals surface area (Å²) in [5, 5.41) is 2.94. The molecule has 0 bridgehead atoms. The summed E-state index contributed by atoms with van der Waals surface area (Å²) in [5.41, 5.74) is 4.46. The highest BCUT2D eigenvalue weighted by atomic mass is 19.1. The lowest BCUT2D eigenvalue weighted by Crippen LogP contribution is -2.51. The quantitative estimate of drug-likeness (QED) is 0.455. The molecule has 0 aliphatic carbocycles. The Morgan fingerprint density at radius 3 is 2.29 bits per heavy atom. The summed E-state index contributed by atoms with van der Waals surface area (Å²) in [6.45, 7) is 6.56. The number of aryl methyl sites for hydroxylation is 2. The first-order chi connectivity index (χ1) is 16.4. The maximum Gasteiger partial charge on any atom is 0.243 e. The predicted molar refractivity (Wildman–Crippen MR) is 134 cm³/mol. The Labute approximate surface area is 201 Å². The zero-order valence-electron chi connectivity index (χ0n) is 20.2. The van der Waals surface area contributed by atoms with E-state index in [4.69, 9.17) is 0 Å². The number of carbonyl (C=O) groups excluding carboxylic acids is 2. The molecule has 0 heterocycles. The second kappa shape index (κ2) is 12.1. The molecule has 0 aliphatic heterocycles. The Hall–Kier alpha value is -3.47. The smallest absolute Gasteiger partial charge is 0.243 e. The van der Waals surface area contributed by atoms with E-state index in [0.29, 0.717) is 18.5 Å². The molecule has 0 unspecified atom stereocenters. The van der Waals surface area contributed by atoms with Crippen molar-refractivity contribution >= 4 is 11.8 Å². The van der Waals surface area contributed by atoms with Crippen molar-refractivity contribution in [2.24, 2.45) is 0 Å². The molecule has 0 aromatic heterocycles. The summed E-state index contributed by atoms with van der Waals surface area (Å²) >= 11 is 0. The standard InChI is InChI=1S/C29H33FN2O2/c1-4-16-31-29(34)27(18-23-10-6-5-7-11-23)32(20-25-12-8-9-13-26(25)30)28(33)19-24-15-14-21(2)22(3)17-24/h5-15,17,27H,4,16,18-20H2,1-3H3,(H,31,34)/t27-/m0/s1. The highest BCUT2D eigenvalue weighted by Crippen LogP contribution is 2.19. The van der Waals surface area contributed by atoms with Gasteiger partial charge in [-0.3, -0.25) is 9.59 Å². The van der Waals surface area contributed by atoms with E-state index in [1.54, 1.807) is 18.2 Å². The van der Waals surface area contributed by atoms with Gasteiger partial charge in [-0.2, -0.15) is 0 Å². The zero-order valence-corrected chi connectivity index (χ0v) is 20.2. The van der Waals surface area contributed by atoms with Crippen LogP contribution in [0.4, 0.5) is 4.39 Å². The van der Waals surface area contributed by atoms with E-state index in [0.717, 1.165) is 28.7 Å². The summed E-state index contributed by atoms with van der Waals surface area (Å²) in [6.07, 6.45) is 1.28. The first-order valence-electron chi connectivity index (χ1n) is 11.8. The lowest BCUT2D eigenvalue weighted by molar-refractivity contribution is -0.140. The second-order valence-corrected chi connectivity index (χ2v) is 8.70. The highest BCUT2D eigenvalue weighted by Gasteiger charge is 2.30. The molecular formula is C29H33FN2O2. The number of amides is 2. The average molecular weight is 461 g/mol. The van der Waals surface area contributed by atoms with Crippen molar-refractivity contribution in [2.45, 2.75) is 52.6 Å². The number of benzene rings is 3. The van der Waals surface area contributed by atoms with Crippen LogP contribution < -0.4 is 5.32 Å². The number of rotatable bonds is 10. The average Bonchev–Trinajstić information content (AvgIpc) is 2.83. The van der Waals surface area contributed by atoms with Gasteiger partial charge in [0, 0.05) is 25.1 Å². The van der Waals surface area contributed by atoms with Crippen LogP contribution >= 0.6 is 0 Å². The number of halogens is 1. The van der Waals surface area contributed by atoms with Gasteiger partial charge >= 0.3 is 0 Å². The molecular weight excluding hydrogens is 427 g/mol. The van der Waals surface area contributed by atoms with Gasteiger partial charge in [0.25, 0.3) is 0 Å². The van der Waals surface area contributed by atoms with Gasteiger partial charge in [0.05, 0.1) is 6.42 Å². The maximum atomic E-state index is 14.6. The first-order valence-corrected chi connectivity index (χ1v) is 11.8. The molecule has 5 heteroatoms. The Bertz CT molecular complexity index is 1110. The SMILES string of the molecule is CCCNC(=O)[C@H](Cc1ccccc1)N(Cc1ccccc1F)C(=O)Cc1ccc(C)c(C)c1. The van der Waals surface area contributed by atoms with Crippen molar-refractivity contribution in [3.63, 3.8) is 0 Å². The largest absolute Gasteiger partial charge is 0.354 e. The molecule has 3 aromatic rings. The third-order valence-corrected chi connectivity index (χ3v) is 6.05. The van der Waals surface area contributed by atoms with E-state index >= 15 is 0 Å². The normalized spacial score (nSPS) is 11.6. The molecule has 1 N–H and O–H groups in total. The van der Waals surface area contributed by atoms with E-state index in [-0.39, 0.29) is 30.6 Å². The molecule has 4 nitrogen and oxygen atoms in total. The predicted octanol–water partition coefficient (Wildman–Crippen LogP) is 5.15. The number of hydrogen-bond donors (Lipinski definition) is 1. The van der Waals surface area contributed by atoms with Crippen LogP contribution in [0.5, 0.6) is 0 Å². The fourth-order valence-electron chi connectivity index (χ4n) is 3.92. The zero-order chi connectivity index (χ0) is 24.5. The lowest BCUT2D eigenvalue weighted by Gasteiger charge is -2.32. The van der Waals surface area contributed by atoms with Crippen LogP contribution in [0.3, 0.4) is 0 Å². The van der Waals surface area contributed by atoms with Gasteiger partial charge in [-0.1, -0.05) is 73.7 Å². The molecule has 0 saturated carbocycles. The second-order valence-electron chi connectivity index (χ2n) is 8.70. The van der Waals surface area contributed by atoms with Crippen molar-refractivity contribution in [1.82, 2.24) is 10.2 Å². The molecule has 0 fully saturated rings. The first kappa shape index (κ1) is 25.2. The lowest BCUT2D eigenvalue weighted by atomic mass is 10.00. The minimum absolute atomic E-state index is 0.0212. The number of nitrogens with zero attached hydrogens (tertiary/aromatic N) is 1. The van der Waals surface area contributed by atoms with E-state index in [2.05, 4.69) is 5.32 Å². The van der Waals surface area contributed by atoms with E-state index in [1.165, 1.54) is 11.0 Å². The van der Waals surface area contributed by atoms with Crippen molar-refractivity contribution in [1.29, 1.82) is 0 Å². The van der Waals surface area contributed by atoms with E-state index in [1.807, 2.05) is 69.3 Å². The third kappa shape index (κ3) is 6.77. The van der Waals surface area contributed by atoms with Gasteiger partial charge in [0.1, 0.15) is 11.9 Å². The topological polar surface area (TPSA) is 49.4 Å². The van der Waals surface area contributed by atoms with Crippen molar-refractivity contribution in [3.05, 3.63) is 106 Å². The van der Waals surface area contributed by atoms with Gasteiger partial charge in [-0.15, -0.1) is 0 Å². The van der Waals surface area contributed by atoms with Gasteiger partial charge in [0.15, 0.2) is 0 Å². The van der Waals surface area contributed by atoms with Crippen LogP contribution in [0, 0.1) is 19.7 Å². The monoisotopic (exact) mass is 460 g/mol. The Morgan fingerprint density at radius 1 is 0.912 bits per heavy atom. The number of carbonyl (C=O) groups is 2. The van der Waals surface area contributed by atoms with Crippen LogP contribution in [0.25, 0.3) is 0 Å². The maximum absolute atomic E-state index is 14.6. The van der Waals surface area contributed by atoms with Gasteiger partial charge in [-0.05, 0) is 48.6 Å².